The minimum absolute atomic E-state index is 0.119. The second kappa shape index (κ2) is 6.54. The van der Waals surface area contributed by atoms with Gasteiger partial charge in [0.1, 0.15) is 5.76 Å². The second-order valence-corrected chi connectivity index (χ2v) is 5.10. The third kappa shape index (κ3) is 3.37. The first-order valence-electron chi connectivity index (χ1n) is 7.12. The third-order valence-corrected chi connectivity index (χ3v) is 3.45. The monoisotopic (exact) mass is 279 g/mol. The van der Waals surface area contributed by atoms with Gasteiger partial charge in [-0.1, -0.05) is 12.1 Å². The molecule has 2 rings (SSSR count). The lowest BCUT2D eigenvalue weighted by atomic mass is 10.3. The molecule has 0 unspecified atom stereocenters. The molecule has 6 nitrogen and oxygen atoms in total. The van der Waals surface area contributed by atoms with Crippen molar-refractivity contribution in [3.63, 3.8) is 0 Å². The number of aromatic nitrogens is 1. The van der Waals surface area contributed by atoms with Gasteiger partial charge in [0.25, 0.3) is 5.91 Å². The molecule has 1 saturated heterocycles. The Morgan fingerprint density at radius 3 is 2.60 bits per heavy atom. The molecule has 0 atom stereocenters. The number of carbonyl (C=O) groups is 2. The van der Waals surface area contributed by atoms with Crippen LogP contribution in [-0.2, 0) is 4.79 Å². The maximum absolute atomic E-state index is 12.3. The van der Waals surface area contributed by atoms with E-state index in [1.807, 2.05) is 11.8 Å². The van der Waals surface area contributed by atoms with Crippen molar-refractivity contribution in [3.05, 3.63) is 17.5 Å². The van der Waals surface area contributed by atoms with Crippen LogP contribution in [0.25, 0.3) is 0 Å². The molecule has 0 radical (unpaired) electrons. The zero-order valence-electron chi connectivity index (χ0n) is 12.1. The van der Waals surface area contributed by atoms with Crippen LogP contribution >= 0.6 is 0 Å². The summed E-state index contributed by atoms with van der Waals surface area (Å²) in [5.41, 5.74) is 0.343. The number of carbonyl (C=O) groups excluding carboxylic acids is 2. The summed E-state index contributed by atoms with van der Waals surface area (Å²) in [7, 11) is 0. The zero-order chi connectivity index (χ0) is 14.5. The largest absolute Gasteiger partial charge is 0.361 e. The highest BCUT2D eigenvalue weighted by Gasteiger charge is 2.24. The predicted octanol–water partition coefficient (Wildman–Crippen LogP) is 1.46. The van der Waals surface area contributed by atoms with Gasteiger partial charge >= 0.3 is 0 Å². The first-order valence-corrected chi connectivity index (χ1v) is 7.12. The van der Waals surface area contributed by atoms with E-state index in [2.05, 4.69) is 5.16 Å². The average Bonchev–Trinajstić information content (AvgIpc) is 2.72. The third-order valence-electron chi connectivity index (χ3n) is 3.45. The molecular formula is C14H21N3O3. The normalized spacial score (nSPS) is 16.1. The van der Waals surface area contributed by atoms with Gasteiger partial charge in [0, 0.05) is 38.7 Å². The van der Waals surface area contributed by atoms with E-state index in [0.29, 0.717) is 37.5 Å². The zero-order valence-corrected chi connectivity index (χ0v) is 12.1. The molecule has 1 fully saturated rings. The summed E-state index contributed by atoms with van der Waals surface area (Å²) < 4.78 is 4.94. The predicted molar refractivity (Wildman–Crippen MR) is 73.2 cm³/mol. The van der Waals surface area contributed by atoms with Crippen molar-refractivity contribution in [3.8, 4) is 0 Å². The van der Waals surface area contributed by atoms with E-state index in [1.165, 1.54) is 0 Å². The molecule has 20 heavy (non-hydrogen) atoms. The Bertz CT molecular complexity index is 484. The maximum Gasteiger partial charge on any atom is 0.276 e. The smallest absolute Gasteiger partial charge is 0.276 e. The van der Waals surface area contributed by atoms with Crippen molar-refractivity contribution in [1.29, 1.82) is 0 Å². The van der Waals surface area contributed by atoms with Crippen LogP contribution in [0.15, 0.2) is 10.6 Å². The summed E-state index contributed by atoms with van der Waals surface area (Å²) in [6, 6.07) is 1.65. The molecule has 0 bridgehead atoms. The van der Waals surface area contributed by atoms with E-state index in [0.717, 1.165) is 19.4 Å². The van der Waals surface area contributed by atoms with Gasteiger partial charge in [-0.05, 0) is 19.8 Å². The summed E-state index contributed by atoms with van der Waals surface area (Å²) in [5, 5.41) is 3.76. The fraction of sp³-hybridized carbons (Fsp3) is 0.643. The van der Waals surface area contributed by atoms with Crippen molar-refractivity contribution >= 4 is 11.8 Å². The van der Waals surface area contributed by atoms with Crippen LogP contribution in [0.3, 0.4) is 0 Å². The van der Waals surface area contributed by atoms with Crippen LogP contribution in [0.4, 0.5) is 0 Å². The minimum Gasteiger partial charge on any atom is -0.361 e. The van der Waals surface area contributed by atoms with E-state index in [-0.39, 0.29) is 11.8 Å². The van der Waals surface area contributed by atoms with Crippen molar-refractivity contribution in [2.75, 3.05) is 26.2 Å². The van der Waals surface area contributed by atoms with Gasteiger partial charge in [0.15, 0.2) is 5.69 Å². The molecule has 6 heteroatoms. The number of nitrogens with zero attached hydrogens (tertiary/aromatic N) is 3. The highest BCUT2D eigenvalue weighted by Crippen LogP contribution is 2.10. The van der Waals surface area contributed by atoms with Gasteiger partial charge in [-0.3, -0.25) is 9.59 Å². The molecular weight excluding hydrogens is 258 g/mol. The molecule has 1 aromatic heterocycles. The Kier molecular flexibility index (Phi) is 4.76. The Morgan fingerprint density at radius 1 is 1.25 bits per heavy atom. The van der Waals surface area contributed by atoms with Crippen LogP contribution in [0.5, 0.6) is 0 Å². The fourth-order valence-electron chi connectivity index (χ4n) is 2.37. The Balaban J connectivity index is 1.95. The first kappa shape index (κ1) is 14.6. The molecule has 0 aliphatic carbocycles. The van der Waals surface area contributed by atoms with Crippen LogP contribution < -0.4 is 0 Å². The van der Waals surface area contributed by atoms with Gasteiger partial charge in [0.2, 0.25) is 5.91 Å². The highest BCUT2D eigenvalue weighted by atomic mass is 16.5. The lowest BCUT2D eigenvalue weighted by molar-refractivity contribution is -0.131. The van der Waals surface area contributed by atoms with Gasteiger partial charge < -0.3 is 14.3 Å². The molecule has 110 valence electrons. The van der Waals surface area contributed by atoms with E-state index >= 15 is 0 Å². The summed E-state index contributed by atoms with van der Waals surface area (Å²) >= 11 is 0. The SMILES string of the molecule is CCCC(=O)N1CCCN(C(=O)c2cc(C)on2)CC1. The molecule has 2 heterocycles. The maximum atomic E-state index is 12.3. The molecule has 1 aromatic rings. The molecule has 0 aromatic carbocycles. The lowest BCUT2D eigenvalue weighted by Gasteiger charge is -2.21. The molecule has 2 amide bonds. The number of amides is 2. The van der Waals surface area contributed by atoms with Gasteiger partial charge in [-0.25, -0.2) is 0 Å². The van der Waals surface area contributed by atoms with E-state index in [1.54, 1.807) is 17.9 Å². The highest BCUT2D eigenvalue weighted by molar-refractivity contribution is 5.92. The summed E-state index contributed by atoms with van der Waals surface area (Å²) in [6.07, 6.45) is 2.24. The minimum atomic E-state index is -0.119. The number of hydrogen-bond donors (Lipinski definition) is 0. The van der Waals surface area contributed by atoms with Crippen LogP contribution in [0.2, 0.25) is 0 Å². The number of hydrogen-bond acceptors (Lipinski definition) is 4. The van der Waals surface area contributed by atoms with Crippen LogP contribution in [-0.4, -0.2) is 52.9 Å². The van der Waals surface area contributed by atoms with Gasteiger partial charge in [-0.2, -0.15) is 0 Å². The Hall–Kier alpha value is -1.85. The topological polar surface area (TPSA) is 66.7 Å². The van der Waals surface area contributed by atoms with E-state index in [9.17, 15) is 9.59 Å². The molecule has 0 saturated carbocycles. The van der Waals surface area contributed by atoms with Crippen LogP contribution in [0, 0.1) is 6.92 Å². The average molecular weight is 279 g/mol. The fourth-order valence-corrected chi connectivity index (χ4v) is 2.37. The lowest BCUT2D eigenvalue weighted by Crippen LogP contribution is -2.37. The van der Waals surface area contributed by atoms with Crippen molar-refractivity contribution in [1.82, 2.24) is 15.0 Å². The second-order valence-electron chi connectivity index (χ2n) is 5.10. The number of aryl methyl sites for hydroxylation is 1. The quantitative estimate of drug-likeness (QED) is 0.840. The van der Waals surface area contributed by atoms with Crippen molar-refractivity contribution < 1.29 is 14.1 Å². The first-order chi connectivity index (χ1) is 9.61. The molecule has 1 aliphatic heterocycles. The van der Waals surface area contributed by atoms with Gasteiger partial charge in [-0.15, -0.1) is 0 Å². The molecule has 0 N–H and O–H groups in total. The standard InChI is InChI=1S/C14H21N3O3/c1-3-5-13(18)16-6-4-7-17(9-8-16)14(19)12-10-11(2)20-15-12/h10H,3-9H2,1-2H3. The Labute approximate surface area is 118 Å². The summed E-state index contributed by atoms with van der Waals surface area (Å²) in [5.74, 6) is 0.689. The van der Waals surface area contributed by atoms with Crippen molar-refractivity contribution in [2.45, 2.75) is 33.1 Å². The van der Waals surface area contributed by atoms with Crippen molar-refractivity contribution in [2.24, 2.45) is 0 Å². The Morgan fingerprint density at radius 2 is 1.95 bits per heavy atom. The summed E-state index contributed by atoms with van der Waals surface area (Å²) in [4.78, 5) is 27.8. The molecule has 0 spiro atoms. The summed E-state index contributed by atoms with van der Waals surface area (Å²) in [6.45, 7) is 6.29. The van der Waals surface area contributed by atoms with Crippen LogP contribution in [0.1, 0.15) is 42.4 Å². The van der Waals surface area contributed by atoms with E-state index in [4.69, 9.17) is 4.52 Å². The van der Waals surface area contributed by atoms with E-state index < -0.39 is 0 Å². The van der Waals surface area contributed by atoms with Gasteiger partial charge in [0.05, 0.1) is 0 Å². The number of rotatable bonds is 3. The molecule has 1 aliphatic rings.